The molecule has 1 saturated carbocycles. The van der Waals surface area contributed by atoms with Crippen LogP contribution in [-0.4, -0.2) is 73.2 Å². The van der Waals surface area contributed by atoms with E-state index in [1.54, 1.807) is 44.4 Å². The second kappa shape index (κ2) is 15.3. The summed E-state index contributed by atoms with van der Waals surface area (Å²) in [5.74, 6) is 0.783. The van der Waals surface area contributed by atoms with Crippen molar-refractivity contribution in [2.45, 2.75) is 57.7 Å². The maximum Gasteiger partial charge on any atom is 0.254 e. The fraction of sp³-hybridized carbons (Fsp3) is 0.455. The number of nitrogens with zero attached hydrogens (tertiary/aromatic N) is 3. The molecular weight excluding hydrogens is 518 g/mol. The maximum absolute atomic E-state index is 14.1. The van der Waals surface area contributed by atoms with Crippen LogP contribution in [0.3, 0.4) is 0 Å². The number of hydrogen-bond acceptors (Lipinski definition) is 5. The third-order valence-electron chi connectivity index (χ3n) is 7.78. The molecule has 1 aromatic heterocycles. The number of amides is 2. The average Bonchev–Trinajstić information content (AvgIpc) is 3.45. The molecule has 0 radical (unpaired) electrons. The van der Waals surface area contributed by atoms with Crippen LogP contribution in [0.15, 0.2) is 66.9 Å². The summed E-state index contributed by atoms with van der Waals surface area (Å²) in [4.78, 5) is 31.5. The Labute approximate surface area is 243 Å². The largest absolute Gasteiger partial charge is 0.497 e. The Balaban J connectivity index is 1.57. The molecule has 1 aliphatic rings. The van der Waals surface area contributed by atoms with Gasteiger partial charge in [-0.25, -0.2) is 0 Å². The van der Waals surface area contributed by atoms with Crippen LogP contribution < -0.4 is 9.47 Å². The van der Waals surface area contributed by atoms with Gasteiger partial charge in [0.15, 0.2) is 0 Å². The Morgan fingerprint density at radius 1 is 0.902 bits per heavy atom. The zero-order valence-electron chi connectivity index (χ0n) is 24.6. The minimum absolute atomic E-state index is 0.00202. The molecule has 0 N–H and O–H groups in total. The highest BCUT2D eigenvalue weighted by Crippen LogP contribution is 2.26. The zero-order valence-corrected chi connectivity index (χ0v) is 24.6. The van der Waals surface area contributed by atoms with E-state index in [-0.39, 0.29) is 24.4 Å². The summed E-state index contributed by atoms with van der Waals surface area (Å²) in [6.45, 7) is 2.16. The lowest BCUT2D eigenvalue weighted by atomic mass is 9.94. The predicted octanol–water partition coefficient (Wildman–Crippen LogP) is 5.39. The molecule has 4 rings (SSSR count). The van der Waals surface area contributed by atoms with Crippen LogP contribution in [0.5, 0.6) is 11.5 Å². The first-order valence-corrected chi connectivity index (χ1v) is 14.5. The van der Waals surface area contributed by atoms with Crippen molar-refractivity contribution in [3.05, 3.63) is 83.7 Å². The molecule has 8 nitrogen and oxygen atoms in total. The van der Waals surface area contributed by atoms with E-state index in [1.165, 1.54) is 12.0 Å². The zero-order chi connectivity index (χ0) is 29.0. The lowest BCUT2D eigenvalue weighted by Crippen LogP contribution is -2.48. The van der Waals surface area contributed by atoms with Crippen molar-refractivity contribution in [1.82, 2.24) is 14.4 Å². The molecular formula is C33H43N3O5. The number of methoxy groups -OCH3 is 3. The van der Waals surface area contributed by atoms with E-state index in [0.29, 0.717) is 43.2 Å². The van der Waals surface area contributed by atoms with Gasteiger partial charge >= 0.3 is 0 Å². The van der Waals surface area contributed by atoms with E-state index in [0.717, 1.165) is 37.9 Å². The summed E-state index contributed by atoms with van der Waals surface area (Å²) in [5.41, 5.74) is 2.72. The van der Waals surface area contributed by atoms with Crippen LogP contribution in [-0.2, 0) is 22.6 Å². The molecule has 2 aromatic carbocycles. The molecule has 0 aliphatic heterocycles. The van der Waals surface area contributed by atoms with E-state index < -0.39 is 0 Å². The molecule has 3 aromatic rings. The molecule has 2 amide bonds. The Kier molecular flexibility index (Phi) is 11.3. The van der Waals surface area contributed by atoms with Gasteiger partial charge in [0.2, 0.25) is 5.91 Å². The van der Waals surface area contributed by atoms with Gasteiger partial charge in [0.05, 0.1) is 20.8 Å². The van der Waals surface area contributed by atoms with Gasteiger partial charge in [-0.15, -0.1) is 0 Å². The van der Waals surface area contributed by atoms with Gasteiger partial charge in [0, 0.05) is 56.4 Å². The SMILES string of the molecule is COCCCN(CC(=O)N(Cc1cccn1Cc1ccccc1)C1CCCCC1)C(=O)c1cc(OC)cc(OC)c1. The number of carbonyl (C=O) groups excluding carboxylic acids is 2. The molecule has 0 bridgehead atoms. The summed E-state index contributed by atoms with van der Waals surface area (Å²) in [5, 5.41) is 0. The van der Waals surface area contributed by atoms with Gasteiger partial charge in [-0.1, -0.05) is 49.6 Å². The van der Waals surface area contributed by atoms with Crippen LogP contribution in [0.2, 0.25) is 0 Å². The normalized spacial score (nSPS) is 13.5. The Morgan fingerprint density at radius 3 is 2.27 bits per heavy atom. The van der Waals surface area contributed by atoms with Gasteiger partial charge in [-0.3, -0.25) is 9.59 Å². The molecule has 0 unspecified atom stereocenters. The van der Waals surface area contributed by atoms with Crippen molar-refractivity contribution in [2.24, 2.45) is 0 Å². The fourth-order valence-corrected chi connectivity index (χ4v) is 5.54. The molecule has 220 valence electrons. The highest BCUT2D eigenvalue weighted by molar-refractivity contribution is 5.97. The lowest BCUT2D eigenvalue weighted by Gasteiger charge is -2.36. The number of rotatable bonds is 14. The first kappa shape index (κ1) is 30.2. The third-order valence-corrected chi connectivity index (χ3v) is 7.78. The number of ether oxygens (including phenoxy) is 3. The second-order valence-electron chi connectivity index (χ2n) is 10.6. The van der Waals surface area contributed by atoms with Crippen LogP contribution in [0.1, 0.15) is 60.1 Å². The molecule has 0 atom stereocenters. The summed E-state index contributed by atoms with van der Waals surface area (Å²) >= 11 is 0. The number of carbonyl (C=O) groups is 2. The van der Waals surface area contributed by atoms with E-state index in [4.69, 9.17) is 14.2 Å². The van der Waals surface area contributed by atoms with Crippen molar-refractivity contribution in [2.75, 3.05) is 41.0 Å². The summed E-state index contributed by atoms with van der Waals surface area (Å²) in [6.07, 6.45) is 8.08. The van der Waals surface area contributed by atoms with Gasteiger partial charge in [0.25, 0.3) is 5.91 Å². The van der Waals surface area contributed by atoms with Crippen LogP contribution in [0, 0.1) is 0 Å². The first-order chi connectivity index (χ1) is 20.0. The van der Waals surface area contributed by atoms with Gasteiger partial charge in [-0.2, -0.15) is 0 Å². The van der Waals surface area contributed by atoms with Crippen molar-refractivity contribution in [3.8, 4) is 11.5 Å². The minimum atomic E-state index is -0.234. The van der Waals surface area contributed by atoms with Crippen molar-refractivity contribution >= 4 is 11.8 Å². The predicted molar refractivity (Wildman–Crippen MR) is 159 cm³/mol. The molecule has 8 heteroatoms. The lowest BCUT2D eigenvalue weighted by molar-refractivity contribution is -0.135. The van der Waals surface area contributed by atoms with Crippen LogP contribution in [0.4, 0.5) is 0 Å². The average molecular weight is 562 g/mol. The summed E-state index contributed by atoms with van der Waals surface area (Å²) < 4.78 is 18.2. The fourth-order valence-electron chi connectivity index (χ4n) is 5.54. The number of aromatic nitrogens is 1. The molecule has 0 saturated heterocycles. The topological polar surface area (TPSA) is 73.2 Å². The van der Waals surface area contributed by atoms with Gasteiger partial charge < -0.3 is 28.6 Å². The Morgan fingerprint density at radius 2 is 1.61 bits per heavy atom. The molecule has 1 heterocycles. The monoisotopic (exact) mass is 561 g/mol. The van der Waals surface area contributed by atoms with Gasteiger partial charge in [-0.05, 0) is 49.1 Å². The third kappa shape index (κ3) is 8.36. The number of benzene rings is 2. The van der Waals surface area contributed by atoms with E-state index >= 15 is 0 Å². The molecule has 1 aliphatic carbocycles. The van der Waals surface area contributed by atoms with Crippen molar-refractivity contribution in [1.29, 1.82) is 0 Å². The van der Waals surface area contributed by atoms with Crippen molar-refractivity contribution in [3.63, 3.8) is 0 Å². The number of hydrogen-bond donors (Lipinski definition) is 0. The summed E-state index contributed by atoms with van der Waals surface area (Å²) in [6, 6.07) is 19.7. The highest BCUT2D eigenvalue weighted by Gasteiger charge is 2.29. The quantitative estimate of drug-likeness (QED) is 0.247. The maximum atomic E-state index is 14.1. The summed E-state index contributed by atoms with van der Waals surface area (Å²) in [7, 11) is 4.75. The van der Waals surface area contributed by atoms with E-state index in [1.807, 2.05) is 29.2 Å². The van der Waals surface area contributed by atoms with Crippen LogP contribution in [0.25, 0.3) is 0 Å². The van der Waals surface area contributed by atoms with E-state index in [9.17, 15) is 9.59 Å². The first-order valence-electron chi connectivity index (χ1n) is 14.5. The Hall–Kier alpha value is -3.78. The molecule has 1 fully saturated rings. The Bertz CT molecular complexity index is 1230. The molecule has 0 spiro atoms. The van der Waals surface area contributed by atoms with Crippen LogP contribution >= 0.6 is 0 Å². The second-order valence-corrected chi connectivity index (χ2v) is 10.6. The molecule has 41 heavy (non-hydrogen) atoms. The smallest absolute Gasteiger partial charge is 0.254 e. The van der Waals surface area contributed by atoms with E-state index in [2.05, 4.69) is 29.0 Å². The van der Waals surface area contributed by atoms with Gasteiger partial charge in [0.1, 0.15) is 18.0 Å². The minimum Gasteiger partial charge on any atom is -0.497 e. The van der Waals surface area contributed by atoms with Crippen molar-refractivity contribution < 1.29 is 23.8 Å². The highest BCUT2D eigenvalue weighted by atomic mass is 16.5. The standard InChI is InChI=1S/C33H43N3O5/c1-39-19-11-18-35(33(38)27-20-30(40-2)22-31(21-27)41-3)25-32(37)36(28-14-8-5-9-15-28)24-29-16-10-17-34(29)23-26-12-6-4-7-13-26/h4,6-7,10,12-13,16-17,20-22,28H,5,8-9,11,14-15,18-19,23-25H2,1-3H3.